The number of carbonyl (C=O) groups excluding carboxylic acids is 3. The van der Waals surface area contributed by atoms with Gasteiger partial charge in [-0.3, -0.25) is 10.1 Å². The first-order valence-corrected chi connectivity index (χ1v) is 8.44. The molecule has 0 spiro atoms. The van der Waals surface area contributed by atoms with E-state index in [1.165, 1.54) is 0 Å². The van der Waals surface area contributed by atoms with Gasteiger partial charge >= 0.3 is 12.0 Å². The van der Waals surface area contributed by atoms with Crippen LogP contribution in [0.3, 0.4) is 0 Å². The number of aryl methyl sites for hydroxylation is 1. The number of amides is 3. The minimum Gasteiger partial charge on any atom is -0.451 e. The van der Waals surface area contributed by atoms with Crippen LogP contribution in [0.25, 0.3) is 0 Å². The Morgan fingerprint density at radius 1 is 1.28 bits per heavy atom. The van der Waals surface area contributed by atoms with Crippen molar-refractivity contribution in [3.63, 3.8) is 0 Å². The summed E-state index contributed by atoms with van der Waals surface area (Å²) in [5, 5.41) is 14.6. The number of imide groups is 1. The zero-order chi connectivity index (χ0) is 18.6. The van der Waals surface area contributed by atoms with Crippen LogP contribution in [0, 0.1) is 13.8 Å². The Labute approximate surface area is 146 Å². The molecule has 1 fully saturated rings. The van der Waals surface area contributed by atoms with E-state index in [4.69, 9.17) is 4.74 Å². The molecule has 138 valence electrons. The summed E-state index contributed by atoms with van der Waals surface area (Å²) in [5.74, 6) is -1.40. The molecule has 1 aliphatic carbocycles. The lowest BCUT2D eigenvalue weighted by molar-refractivity contribution is -0.123. The number of hydrogen-bond acceptors (Lipinski definition) is 5. The number of carbonyl (C=O) groups is 3. The molecule has 8 heteroatoms. The molecule has 2 rings (SSSR count). The van der Waals surface area contributed by atoms with Crippen molar-refractivity contribution >= 4 is 17.9 Å². The molecule has 4 N–H and O–H groups in total. The molecule has 0 radical (unpaired) electrons. The van der Waals surface area contributed by atoms with Crippen LogP contribution in [0.2, 0.25) is 0 Å². The molecule has 1 aromatic heterocycles. The first kappa shape index (κ1) is 19.0. The van der Waals surface area contributed by atoms with Crippen molar-refractivity contribution in [2.45, 2.75) is 58.6 Å². The summed E-state index contributed by atoms with van der Waals surface area (Å²) in [6.07, 6.45) is 3.24. The highest BCUT2D eigenvalue weighted by Gasteiger charge is 2.22. The van der Waals surface area contributed by atoms with Crippen LogP contribution in [-0.2, 0) is 9.53 Å². The van der Waals surface area contributed by atoms with Gasteiger partial charge in [0.15, 0.2) is 6.61 Å². The average molecular weight is 351 g/mol. The average Bonchev–Trinajstić information content (AvgIpc) is 3.12. The second-order valence-electron chi connectivity index (χ2n) is 6.42. The molecule has 8 nitrogen and oxygen atoms in total. The zero-order valence-electron chi connectivity index (χ0n) is 14.8. The lowest BCUT2D eigenvalue weighted by atomic mass is 10.1. The summed E-state index contributed by atoms with van der Waals surface area (Å²) in [6, 6.07) is -0.477. The number of H-pyrrole nitrogens is 1. The first-order chi connectivity index (χ1) is 11.8. The second-order valence-corrected chi connectivity index (χ2v) is 6.42. The predicted molar refractivity (Wildman–Crippen MR) is 90.1 cm³/mol. The summed E-state index contributed by atoms with van der Waals surface area (Å²) in [6.45, 7) is 4.48. The molecule has 0 unspecified atom stereocenters. The molecule has 1 atom stereocenters. The lowest BCUT2D eigenvalue weighted by Crippen LogP contribution is -2.45. The molecule has 1 heterocycles. The Morgan fingerprint density at radius 3 is 2.48 bits per heavy atom. The molecule has 1 aliphatic rings. The zero-order valence-corrected chi connectivity index (χ0v) is 14.8. The van der Waals surface area contributed by atoms with Crippen molar-refractivity contribution < 1.29 is 24.2 Å². The lowest BCUT2D eigenvalue weighted by Gasteiger charge is -2.12. The highest BCUT2D eigenvalue weighted by molar-refractivity contribution is 5.97. The van der Waals surface area contributed by atoms with Crippen molar-refractivity contribution in [3.8, 4) is 0 Å². The van der Waals surface area contributed by atoms with Crippen LogP contribution in [0.15, 0.2) is 0 Å². The maximum absolute atomic E-state index is 12.1. The molecule has 0 aromatic carbocycles. The summed E-state index contributed by atoms with van der Waals surface area (Å²) in [4.78, 5) is 38.4. The van der Waals surface area contributed by atoms with Gasteiger partial charge < -0.3 is 20.1 Å². The van der Waals surface area contributed by atoms with Gasteiger partial charge in [0, 0.05) is 17.3 Å². The molecule has 1 aromatic rings. The van der Waals surface area contributed by atoms with Gasteiger partial charge in [0.1, 0.15) is 5.69 Å². The van der Waals surface area contributed by atoms with Crippen LogP contribution < -0.4 is 10.6 Å². The number of aliphatic hydroxyl groups excluding tert-OH is 1. The summed E-state index contributed by atoms with van der Waals surface area (Å²) in [5.41, 5.74) is 2.07. The fourth-order valence-corrected chi connectivity index (χ4v) is 3.25. The van der Waals surface area contributed by atoms with Gasteiger partial charge in [-0.1, -0.05) is 12.8 Å². The fraction of sp³-hybridized carbons (Fsp3) is 0.588. The second kappa shape index (κ2) is 8.15. The third-order valence-electron chi connectivity index (χ3n) is 4.40. The topological polar surface area (TPSA) is 121 Å². The Balaban J connectivity index is 1.84. The van der Waals surface area contributed by atoms with Gasteiger partial charge in [-0.25, -0.2) is 9.59 Å². The van der Waals surface area contributed by atoms with Crippen LogP contribution in [-0.4, -0.2) is 40.6 Å². The maximum Gasteiger partial charge on any atom is 0.355 e. The number of ether oxygens (including phenoxy) is 1. The maximum atomic E-state index is 12.1. The fourth-order valence-electron chi connectivity index (χ4n) is 3.25. The van der Waals surface area contributed by atoms with Crippen LogP contribution in [0.5, 0.6) is 0 Å². The Kier molecular flexibility index (Phi) is 6.19. The van der Waals surface area contributed by atoms with Crippen LogP contribution >= 0.6 is 0 Å². The third-order valence-corrected chi connectivity index (χ3v) is 4.40. The molecule has 3 amide bonds. The number of aliphatic hydroxyl groups is 1. The van der Waals surface area contributed by atoms with E-state index in [1.807, 2.05) is 0 Å². The van der Waals surface area contributed by atoms with E-state index in [0.29, 0.717) is 16.8 Å². The Morgan fingerprint density at radius 2 is 1.92 bits per heavy atom. The summed E-state index contributed by atoms with van der Waals surface area (Å²) >= 11 is 0. The van der Waals surface area contributed by atoms with Crippen molar-refractivity contribution in [1.29, 1.82) is 0 Å². The van der Waals surface area contributed by atoms with Gasteiger partial charge in [-0.05, 0) is 39.2 Å². The van der Waals surface area contributed by atoms with Crippen LogP contribution in [0.4, 0.5) is 4.79 Å². The van der Waals surface area contributed by atoms with E-state index >= 15 is 0 Å². The number of hydrogen-bond donors (Lipinski definition) is 4. The number of aromatic nitrogens is 1. The largest absolute Gasteiger partial charge is 0.451 e. The normalized spacial score (nSPS) is 15.7. The third kappa shape index (κ3) is 4.82. The molecule has 0 bridgehead atoms. The molecular formula is C17H25N3O5. The summed E-state index contributed by atoms with van der Waals surface area (Å²) in [7, 11) is 0. The van der Waals surface area contributed by atoms with Gasteiger partial charge in [-0.2, -0.15) is 0 Å². The highest BCUT2D eigenvalue weighted by Crippen LogP contribution is 2.24. The van der Waals surface area contributed by atoms with E-state index in [1.54, 1.807) is 20.8 Å². The Hall–Kier alpha value is -2.35. The van der Waals surface area contributed by atoms with Crippen molar-refractivity contribution in [2.24, 2.45) is 0 Å². The standard InChI is InChI=1S/C17H25N3O5/c1-9-14(11(3)21)10(2)18-15(9)16(23)25-8-13(22)20-17(24)19-12-6-4-5-7-12/h11-12,18,21H,4-8H2,1-3H3,(H2,19,20,22,24)/t11-/m0/s1. The minimum absolute atomic E-state index is 0.0961. The van der Waals surface area contributed by atoms with E-state index in [9.17, 15) is 19.5 Å². The minimum atomic E-state index is -0.722. The number of urea groups is 1. The van der Waals surface area contributed by atoms with Crippen molar-refractivity contribution in [2.75, 3.05) is 6.61 Å². The summed E-state index contributed by atoms with van der Waals surface area (Å²) < 4.78 is 4.95. The van der Waals surface area contributed by atoms with E-state index in [0.717, 1.165) is 25.7 Å². The molecule has 25 heavy (non-hydrogen) atoms. The van der Waals surface area contributed by atoms with Gasteiger partial charge in [0.2, 0.25) is 0 Å². The number of nitrogens with one attached hydrogen (secondary N) is 3. The van der Waals surface area contributed by atoms with Gasteiger partial charge in [-0.15, -0.1) is 0 Å². The number of rotatable bonds is 5. The van der Waals surface area contributed by atoms with E-state index in [2.05, 4.69) is 15.6 Å². The molecular weight excluding hydrogens is 326 g/mol. The van der Waals surface area contributed by atoms with Gasteiger partial charge in [0.25, 0.3) is 5.91 Å². The first-order valence-electron chi connectivity index (χ1n) is 8.44. The SMILES string of the molecule is Cc1[nH]c(C(=O)OCC(=O)NC(=O)NC2CCCC2)c(C)c1[C@H](C)O. The monoisotopic (exact) mass is 351 g/mol. The van der Waals surface area contributed by atoms with Crippen LogP contribution in [0.1, 0.15) is 66.0 Å². The molecule has 0 aliphatic heterocycles. The smallest absolute Gasteiger partial charge is 0.355 e. The van der Waals surface area contributed by atoms with Crippen molar-refractivity contribution in [3.05, 3.63) is 22.5 Å². The van der Waals surface area contributed by atoms with Gasteiger partial charge in [0.05, 0.1) is 6.10 Å². The molecule has 1 saturated carbocycles. The highest BCUT2D eigenvalue weighted by atomic mass is 16.5. The quantitative estimate of drug-likeness (QED) is 0.601. The van der Waals surface area contributed by atoms with E-state index in [-0.39, 0.29) is 11.7 Å². The predicted octanol–water partition coefficient (Wildman–Crippen LogP) is 1.61. The number of aromatic amines is 1. The number of esters is 1. The van der Waals surface area contributed by atoms with Crippen molar-refractivity contribution in [1.82, 2.24) is 15.6 Å². The Bertz CT molecular complexity index is 659. The molecule has 0 saturated heterocycles. The van der Waals surface area contributed by atoms with E-state index < -0.39 is 30.6 Å².